The molecular formula is C52H38N2. The second-order valence-corrected chi connectivity index (χ2v) is 15.3. The molecule has 1 aromatic heterocycles. The maximum Gasteiger partial charge on any atom is 0.0748 e. The summed E-state index contributed by atoms with van der Waals surface area (Å²) in [7, 11) is 0. The Bertz CT molecular complexity index is 2860. The van der Waals surface area contributed by atoms with Gasteiger partial charge in [0.2, 0.25) is 0 Å². The van der Waals surface area contributed by atoms with E-state index in [-0.39, 0.29) is 5.41 Å². The van der Waals surface area contributed by atoms with E-state index < -0.39 is 5.41 Å². The predicted molar refractivity (Wildman–Crippen MR) is 225 cm³/mol. The molecule has 8 aromatic carbocycles. The number of hydrogen-bond donors (Lipinski definition) is 0. The number of hydrogen-bond acceptors (Lipinski definition) is 1. The fraction of sp³-hybridized carbons (Fsp3) is 0.0769. The normalized spacial score (nSPS) is 16.2. The van der Waals surface area contributed by atoms with Gasteiger partial charge in [0, 0.05) is 33.2 Å². The molecule has 0 amide bonds. The molecule has 1 aliphatic heterocycles. The van der Waals surface area contributed by atoms with Crippen LogP contribution in [0.5, 0.6) is 0 Å². The van der Waals surface area contributed by atoms with Crippen LogP contribution in [0.1, 0.15) is 47.2 Å². The SMILES string of the molecule is CC1(C)c2ccccc2C2(c3ccccc3-n3c4ccccc4c4cccc2c43)c2cccc(-c3ccc(N(c4ccccc4)c4ccccc4)cc3)c21. The van der Waals surface area contributed by atoms with Gasteiger partial charge in [0.1, 0.15) is 0 Å². The quantitative estimate of drug-likeness (QED) is 0.178. The summed E-state index contributed by atoms with van der Waals surface area (Å²) >= 11 is 0. The summed E-state index contributed by atoms with van der Waals surface area (Å²) in [5, 5.41) is 2.59. The minimum Gasteiger partial charge on any atom is -0.311 e. The molecule has 2 heterocycles. The molecule has 0 saturated heterocycles. The Kier molecular flexibility index (Phi) is 6.55. The summed E-state index contributed by atoms with van der Waals surface area (Å²) in [5.41, 5.74) is 17.1. The lowest BCUT2D eigenvalue weighted by molar-refractivity contribution is 0.558. The predicted octanol–water partition coefficient (Wildman–Crippen LogP) is 13.3. The van der Waals surface area contributed by atoms with Gasteiger partial charge in [-0.25, -0.2) is 0 Å². The highest BCUT2D eigenvalue weighted by molar-refractivity contribution is 6.12. The number of benzene rings is 8. The van der Waals surface area contributed by atoms with Crippen LogP contribution in [0, 0.1) is 0 Å². The van der Waals surface area contributed by atoms with Crippen LogP contribution >= 0.6 is 0 Å². The minimum absolute atomic E-state index is 0.264. The Morgan fingerprint density at radius 2 is 0.944 bits per heavy atom. The van der Waals surface area contributed by atoms with Crippen LogP contribution < -0.4 is 4.90 Å². The first-order valence-electron chi connectivity index (χ1n) is 19.0. The topological polar surface area (TPSA) is 8.17 Å². The molecule has 2 aliphatic rings. The van der Waals surface area contributed by atoms with Gasteiger partial charge >= 0.3 is 0 Å². The Labute approximate surface area is 316 Å². The van der Waals surface area contributed by atoms with E-state index in [9.17, 15) is 0 Å². The summed E-state index contributed by atoms with van der Waals surface area (Å²) in [6, 6.07) is 71.8. The molecule has 2 heteroatoms. The third-order valence-corrected chi connectivity index (χ3v) is 12.2. The van der Waals surface area contributed by atoms with Gasteiger partial charge in [-0.2, -0.15) is 0 Å². The van der Waals surface area contributed by atoms with Crippen molar-refractivity contribution in [2.75, 3.05) is 4.90 Å². The lowest BCUT2D eigenvalue weighted by Gasteiger charge is -2.50. The van der Waals surface area contributed by atoms with Crippen LogP contribution in [-0.2, 0) is 10.8 Å². The first kappa shape index (κ1) is 30.9. The van der Waals surface area contributed by atoms with Gasteiger partial charge in [-0.05, 0) is 93.0 Å². The van der Waals surface area contributed by atoms with Gasteiger partial charge in [0.25, 0.3) is 0 Å². The van der Waals surface area contributed by atoms with Crippen LogP contribution in [0.2, 0.25) is 0 Å². The fourth-order valence-electron chi connectivity index (χ4n) is 10.1. The van der Waals surface area contributed by atoms with Crippen LogP contribution in [-0.4, -0.2) is 4.57 Å². The van der Waals surface area contributed by atoms with Gasteiger partial charge in [-0.15, -0.1) is 0 Å². The molecule has 1 aliphatic carbocycles. The molecule has 54 heavy (non-hydrogen) atoms. The zero-order chi connectivity index (χ0) is 36.0. The highest BCUT2D eigenvalue weighted by Crippen LogP contribution is 2.61. The summed E-state index contributed by atoms with van der Waals surface area (Å²) in [6.45, 7) is 4.85. The molecule has 0 fully saturated rings. The van der Waals surface area contributed by atoms with Gasteiger partial charge in [-0.1, -0.05) is 159 Å². The smallest absolute Gasteiger partial charge is 0.0748 e. The van der Waals surface area contributed by atoms with Crippen molar-refractivity contribution in [1.29, 1.82) is 0 Å². The molecule has 0 saturated carbocycles. The van der Waals surface area contributed by atoms with Gasteiger partial charge in [0.05, 0.1) is 22.1 Å². The monoisotopic (exact) mass is 690 g/mol. The second-order valence-electron chi connectivity index (χ2n) is 15.3. The van der Waals surface area contributed by atoms with E-state index in [1.165, 1.54) is 72.0 Å². The minimum atomic E-state index is -0.519. The summed E-state index contributed by atoms with van der Waals surface area (Å²) in [5.74, 6) is 0. The molecule has 1 spiro atoms. The number of anilines is 3. The zero-order valence-electron chi connectivity index (χ0n) is 30.4. The number of nitrogens with zero attached hydrogens (tertiary/aromatic N) is 2. The zero-order valence-corrected chi connectivity index (χ0v) is 30.4. The lowest BCUT2D eigenvalue weighted by Crippen LogP contribution is -2.44. The largest absolute Gasteiger partial charge is 0.311 e. The first-order chi connectivity index (χ1) is 26.6. The van der Waals surface area contributed by atoms with Crippen LogP contribution in [0.3, 0.4) is 0 Å². The van der Waals surface area contributed by atoms with E-state index in [0.717, 1.165) is 17.1 Å². The standard InChI is InChI=1S/C52H38N2/c1-51(2)42-24-10-11-25-43(42)52(44-26-12-14-30-48(44)54-47-29-13-9-21-40(47)41-23-16-28-46(52)50(41)54)45-27-15-22-39(49(45)51)35-31-33-38(34-32-35)53(36-17-5-3-6-18-36)37-19-7-4-8-20-37/h3-34H,1-2H3. The highest BCUT2D eigenvalue weighted by Gasteiger charge is 2.53. The average Bonchev–Trinajstić information content (AvgIpc) is 3.57. The summed E-state index contributed by atoms with van der Waals surface area (Å²) in [4.78, 5) is 2.33. The van der Waals surface area contributed by atoms with Crippen molar-refractivity contribution in [1.82, 2.24) is 4.57 Å². The summed E-state index contributed by atoms with van der Waals surface area (Å²) in [6.07, 6.45) is 0. The van der Waals surface area contributed by atoms with E-state index in [1.54, 1.807) is 0 Å². The van der Waals surface area contributed by atoms with E-state index in [1.807, 2.05) is 0 Å². The number of fused-ring (bicyclic) bond motifs is 11. The Hall–Kier alpha value is -6.64. The van der Waals surface area contributed by atoms with Crippen molar-refractivity contribution in [2.24, 2.45) is 0 Å². The third kappa shape index (κ3) is 4.06. The van der Waals surface area contributed by atoms with Crippen molar-refractivity contribution in [2.45, 2.75) is 24.7 Å². The third-order valence-electron chi connectivity index (χ3n) is 12.2. The van der Waals surface area contributed by atoms with Gasteiger partial charge < -0.3 is 9.47 Å². The molecule has 11 rings (SSSR count). The van der Waals surface area contributed by atoms with Crippen molar-refractivity contribution in [3.05, 3.63) is 228 Å². The average molecular weight is 691 g/mol. The molecule has 256 valence electrons. The Morgan fingerprint density at radius 1 is 0.407 bits per heavy atom. The molecule has 1 atom stereocenters. The number of para-hydroxylation sites is 5. The Balaban J connectivity index is 1.19. The van der Waals surface area contributed by atoms with Crippen molar-refractivity contribution in [3.8, 4) is 16.8 Å². The summed E-state index contributed by atoms with van der Waals surface area (Å²) < 4.78 is 2.52. The lowest BCUT2D eigenvalue weighted by atomic mass is 9.52. The van der Waals surface area contributed by atoms with E-state index in [0.29, 0.717) is 0 Å². The van der Waals surface area contributed by atoms with Crippen molar-refractivity contribution in [3.63, 3.8) is 0 Å². The Morgan fingerprint density at radius 3 is 1.69 bits per heavy atom. The van der Waals surface area contributed by atoms with E-state index in [2.05, 4.69) is 217 Å². The van der Waals surface area contributed by atoms with E-state index in [4.69, 9.17) is 0 Å². The van der Waals surface area contributed by atoms with Crippen LogP contribution in [0.25, 0.3) is 38.6 Å². The molecule has 0 radical (unpaired) electrons. The fourth-order valence-corrected chi connectivity index (χ4v) is 10.1. The molecule has 0 bridgehead atoms. The number of aromatic nitrogens is 1. The van der Waals surface area contributed by atoms with E-state index >= 15 is 0 Å². The molecular weight excluding hydrogens is 653 g/mol. The van der Waals surface area contributed by atoms with Crippen LogP contribution in [0.15, 0.2) is 194 Å². The van der Waals surface area contributed by atoms with Crippen LogP contribution in [0.4, 0.5) is 17.1 Å². The molecule has 0 N–H and O–H groups in total. The maximum absolute atomic E-state index is 2.52. The molecule has 9 aromatic rings. The van der Waals surface area contributed by atoms with Crippen molar-refractivity contribution < 1.29 is 0 Å². The molecule has 1 unspecified atom stereocenters. The first-order valence-corrected chi connectivity index (χ1v) is 19.0. The highest BCUT2D eigenvalue weighted by atomic mass is 15.1. The van der Waals surface area contributed by atoms with Crippen molar-refractivity contribution >= 4 is 38.9 Å². The second kappa shape index (κ2) is 11.4. The van der Waals surface area contributed by atoms with Gasteiger partial charge in [-0.3, -0.25) is 0 Å². The maximum atomic E-state index is 2.52. The molecule has 2 nitrogen and oxygen atoms in total. The van der Waals surface area contributed by atoms with Gasteiger partial charge in [0.15, 0.2) is 0 Å². The number of rotatable bonds is 4.